The molecule has 0 bridgehead atoms. The minimum Gasteiger partial charge on any atom is -0.383 e. The van der Waals surface area contributed by atoms with Crippen molar-refractivity contribution in [3.8, 4) is 0 Å². The fraction of sp³-hybridized carbons (Fsp3) is 0.267. The molecule has 0 saturated carbocycles. The Labute approximate surface area is 135 Å². The van der Waals surface area contributed by atoms with Gasteiger partial charge in [0, 0.05) is 25.4 Å². The van der Waals surface area contributed by atoms with E-state index in [1.807, 2.05) is 29.1 Å². The van der Waals surface area contributed by atoms with Crippen LogP contribution in [0.2, 0.25) is 0 Å². The molecule has 0 atom stereocenters. The van der Waals surface area contributed by atoms with E-state index < -0.39 is 0 Å². The molecule has 2 rings (SSSR count). The van der Waals surface area contributed by atoms with Crippen LogP contribution in [0.1, 0.15) is 11.1 Å². The number of hydrogen-bond donors (Lipinski definition) is 2. The zero-order chi connectivity index (χ0) is 15.6. The first kappa shape index (κ1) is 16.1. The summed E-state index contributed by atoms with van der Waals surface area (Å²) in [5.41, 5.74) is 4.86. The summed E-state index contributed by atoms with van der Waals surface area (Å²) >= 11 is 5.06. The summed E-state index contributed by atoms with van der Waals surface area (Å²) in [7, 11) is 1.64. The van der Waals surface area contributed by atoms with E-state index in [9.17, 15) is 0 Å². The highest BCUT2D eigenvalue weighted by Gasteiger charge is 1.98. The minimum atomic E-state index is 0.463. The Morgan fingerprint density at radius 2 is 2.23 bits per heavy atom. The van der Waals surface area contributed by atoms with E-state index in [1.54, 1.807) is 19.5 Å². The molecule has 0 saturated heterocycles. The summed E-state index contributed by atoms with van der Waals surface area (Å²) in [6.07, 6.45) is 5.37. The van der Waals surface area contributed by atoms with Gasteiger partial charge in [-0.3, -0.25) is 10.1 Å². The summed E-state index contributed by atoms with van der Waals surface area (Å²) in [6, 6.07) is 10.2. The van der Waals surface area contributed by atoms with Crippen molar-refractivity contribution in [1.82, 2.24) is 20.5 Å². The molecule has 6 nitrogen and oxygen atoms in total. The number of ether oxygens (including phenoxy) is 1. The van der Waals surface area contributed by atoms with E-state index in [1.165, 1.54) is 5.56 Å². The molecule has 0 radical (unpaired) electrons. The maximum atomic E-state index is 5.06. The summed E-state index contributed by atoms with van der Waals surface area (Å²) < 4.78 is 6.79. The Morgan fingerprint density at radius 1 is 1.41 bits per heavy atom. The number of hydrogen-bond acceptors (Lipinski definition) is 4. The third-order valence-corrected chi connectivity index (χ3v) is 3.05. The summed E-state index contributed by atoms with van der Waals surface area (Å²) in [5.74, 6) is 0. The van der Waals surface area contributed by atoms with Crippen LogP contribution >= 0.6 is 12.2 Å². The lowest BCUT2D eigenvalue weighted by Gasteiger charge is -2.05. The normalized spacial score (nSPS) is 10.8. The molecule has 116 valence electrons. The third-order valence-electron chi connectivity index (χ3n) is 2.81. The van der Waals surface area contributed by atoms with Crippen molar-refractivity contribution in [3.05, 3.63) is 53.9 Å². The molecule has 0 aliphatic rings. The van der Waals surface area contributed by atoms with E-state index >= 15 is 0 Å². The molecular weight excluding hydrogens is 298 g/mol. The topological polar surface area (TPSA) is 63.5 Å². The van der Waals surface area contributed by atoms with Crippen LogP contribution in [0.4, 0.5) is 0 Å². The number of benzene rings is 1. The number of thiocarbonyl (C=S) groups is 1. The maximum Gasteiger partial charge on any atom is 0.187 e. The van der Waals surface area contributed by atoms with E-state index in [2.05, 4.69) is 33.1 Å². The molecule has 0 aliphatic carbocycles. The smallest absolute Gasteiger partial charge is 0.187 e. The first-order valence-electron chi connectivity index (χ1n) is 6.90. The molecule has 22 heavy (non-hydrogen) atoms. The molecule has 2 N–H and O–H groups in total. The molecule has 0 spiro atoms. The molecular formula is C15H19N5OS. The highest BCUT2D eigenvalue weighted by Crippen LogP contribution is 2.02. The molecule has 1 aromatic carbocycles. The quantitative estimate of drug-likeness (QED) is 0.350. The SMILES string of the molecule is COCCNC(=S)N/N=C\c1cnn(Cc2ccccc2)c1. The van der Waals surface area contributed by atoms with Gasteiger partial charge in [-0.25, -0.2) is 0 Å². The molecule has 7 heteroatoms. The molecule has 0 fully saturated rings. The van der Waals surface area contributed by atoms with Crippen LogP contribution in [0, 0.1) is 0 Å². The molecule has 1 aromatic heterocycles. The second-order valence-corrected chi connectivity index (χ2v) is 4.98. The van der Waals surface area contributed by atoms with Crippen molar-refractivity contribution in [1.29, 1.82) is 0 Å². The van der Waals surface area contributed by atoms with Gasteiger partial charge in [-0.05, 0) is 17.8 Å². The zero-order valence-corrected chi connectivity index (χ0v) is 13.2. The molecule has 0 aliphatic heterocycles. The van der Waals surface area contributed by atoms with E-state index in [0.29, 0.717) is 18.3 Å². The van der Waals surface area contributed by atoms with Gasteiger partial charge in [0.25, 0.3) is 0 Å². The van der Waals surface area contributed by atoms with E-state index in [-0.39, 0.29) is 0 Å². The van der Waals surface area contributed by atoms with Crippen LogP contribution < -0.4 is 10.7 Å². The highest BCUT2D eigenvalue weighted by molar-refractivity contribution is 7.80. The van der Waals surface area contributed by atoms with Crippen molar-refractivity contribution < 1.29 is 4.74 Å². The standard InChI is InChI=1S/C15H19N5OS/c1-21-8-7-16-15(22)19-17-9-14-10-18-20(12-14)11-13-5-3-2-4-6-13/h2-6,9-10,12H,7-8,11H2,1H3,(H2,16,19,22)/b17-9-. The lowest BCUT2D eigenvalue weighted by atomic mass is 10.2. The van der Waals surface area contributed by atoms with Crippen LogP contribution in [0.3, 0.4) is 0 Å². The summed E-state index contributed by atoms with van der Waals surface area (Å²) in [4.78, 5) is 0. The van der Waals surface area contributed by atoms with Gasteiger partial charge >= 0.3 is 0 Å². The van der Waals surface area contributed by atoms with E-state index in [0.717, 1.165) is 12.1 Å². The van der Waals surface area contributed by atoms with Gasteiger partial charge in [0.2, 0.25) is 0 Å². The second-order valence-electron chi connectivity index (χ2n) is 4.58. The number of aromatic nitrogens is 2. The minimum absolute atomic E-state index is 0.463. The van der Waals surface area contributed by atoms with Gasteiger partial charge in [0.1, 0.15) is 0 Å². The zero-order valence-electron chi connectivity index (χ0n) is 12.4. The summed E-state index contributed by atoms with van der Waals surface area (Å²) in [6.45, 7) is 1.98. The van der Waals surface area contributed by atoms with Crippen LogP contribution in [-0.2, 0) is 11.3 Å². The predicted molar refractivity (Wildman–Crippen MR) is 91.0 cm³/mol. The van der Waals surface area contributed by atoms with Crippen molar-refractivity contribution >= 4 is 23.5 Å². The molecule has 0 amide bonds. The number of rotatable bonds is 7. The first-order chi connectivity index (χ1) is 10.8. The van der Waals surface area contributed by atoms with Crippen LogP contribution in [0.15, 0.2) is 47.8 Å². The predicted octanol–water partition coefficient (Wildman–Crippen LogP) is 1.38. The molecule has 0 unspecified atom stereocenters. The Morgan fingerprint density at radius 3 is 3.00 bits per heavy atom. The fourth-order valence-corrected chi connectivity index (χ4v) is 1.93. The van der Waals surface area contributed by atoms with Gasteiger partial charge in [0.15, 0.2) is 5.11 Å². The number of methoxy groups -OCH3 is 1. The first-order valence-corrected chi connectivity index (χ1v) is 7.31. The molecule has 1 heterocycles. The van der Waals surface area contributed by atoms with Gasteiger partial charge < -0.3 is 10.1 Å². The van der Waals surface area contributed by atoms with Crippen molar-refractivity contribution in [2.45, 2.75) is 6.54 Å². The van der Waals surface area contributed by atoms with Gasteiger partial charge in [0.05, 0.1) is 25.6 Å². The average Bonchev–Trinajstić information content (AvgIpc) is 2.96. The Hall–Kier alpha value is -2.25. The fourth-order valence-electron chi connectivity index (χ4n) is 1.77. The van der Waals surface area contributed by atoms with E-state index in [4.69, 9.17) is 17.0 Å². The Balaban J connectivity index is 1.79. The average molecular weight is 317 g/mol. The van der Waals surface area contributed by atoms with Crippen molar-refractivity contribution in [2.24, 2.45) is 5.10 Å². The molecule has 2 aromatic rings. The Kier molecular flexibility index (Phi) is 6.53. The van der Waals surface area contributed by atoms with Crippen LogP contribution in [0.5, 0.6) is 0 Å². The highest BCUT2D eigenvalue weighted by atomic mass is 32.1. The monoisotopic (exact) mass is 317 g/mol. The maximum absolute atomic E-state index is 5.06. The largest absolute Gasteiger partial charge is 0.383 e. The van der Waals surface area contributed by atoms with Crippen molar-refractivity contribution in [3.63, 3.8) is 0 Å². The Bertz CT molecular complexity index is 611. The van der Waals surface area contributed by atoms with Crippen LogP contribution in [-0.4, -0.2) is 41.4 Å². The van der Waals surface area contributed by atoms with Gasteiger partial charge in [-0.15, -0.1) is 0 Å². The van der Waals surface area contributed by atoms with Gasteiger partial charge in [-0.1, -0.05) is 30.3 Å². The number of nitrogens with zero attached hydrogens (tertiary/aromatic N) is 3. The third kappa shape index (κ3) is 5.63. The second kappa shape index (κ2) is 8.91. The lowest BCUT2D eigenvalue weighted by molar-refractivity contribution is 0.204. The number of nitrogens with one attached hydrogen (secondary N) is 2. The number of hydrazone groups is 1. The van der Waals surface area contributed by atoms with Crippen molar-refractivity contribution in [2.75, 3.05) is 20.3 Å². The van der Waals surface area contributed by atoms with Crippen LogP contribution in [0.25, 0.3) is 0 Å². The summed E-state index contributed by atoms with van der Waals surface area (Å²) in [5, 5.41) is 11.8. The lowest BCUT2D eigenvalue weighted by Crippen LogP contribution is -2.34. The van der Waals surface area contributed by atoms with Gasteiger partial charge in [-0.2, -0.15) is 10.2 Å².